The number of hydrogen-bond donors (Lipinski definition) is 0. The summed E-state index contributed by atoms with van der Waals surface area (Å²) in [5, 5.41) is 4.45. The summed E-state index contributed by atoms with van der Waals surface area (Å²) in [4.78, 5) is 15.7. The van der Waals surface area contributed by atoms with Gasteiger partial charge in [-0.05, 0) is 25.0 Å². The van der Waals surface area contributed by atoms with Gasteiger partial charge in [0.1, 0.15) is 0 Å². The molecule has 0 radical (unpaired) electrons. The number of aromatic nitrogens is 3. The molecular weight excluding hydrogens is 257 g/mol. The summed E-state index contributed by atoms with van der Waals surface area (Å²) in [6.07, 6.45) is 9.30. The maximum atomic E-state index is 13.5. The highest BCUT2D eigenvalue weighted by molar-refractivity contribution is 5.97. The van der Waals surface area contributed by atoms with Gasteiger partial charge in [-0.3, -0.25) is 14.5 Å². The average Bonchev–Trinajstić information content (AvgIpc) is 3.09. The molecule has 2 aromatic heterocycles. The first kappa shape index (κ1) is 13.0. The van der Waals surface area contributed by atoms with Crippen LogP contribution in [0.4, 0.5) is 4.39 Å². The standard InChI is InChI=1S/C15H16FN3O/c16-14-10-17-7-5-13(14)15(20)9-11-6-8-19(18-11)12-3-1-2-4-12/h5-8,10,12H,1-4,9H2. The van der Waals surface area contributed by atoms with Crippen molar-refractivity contribution in [2.24, 2.45) is 0 Å². The number of nitrogens with zero attached hydrogens (tertiary/aromatic N) is 3. The van der Waals surface area contributed by atoms with Crippen molar-refractivity contribution in [3.8, 4) is 0 Å². The highest BCUT2D eigenvalue weighted by Gasteiger charge is 2.19. The van der Waals surface area contributed by atoms with Gasteiger partial charge in [0.2, 0.25) is 0 Å². The summed E-state index contributed by atoms with van der Waals surface area (Å²) < 4.78 is 15.4. The molecule has 0 unspecified atom stereocenters. The number of rotatable bonds is 4. The topological polar surface area (TPSA) is 47.8 Å². The molecule has 1 fully saturated rings. The van der Waals surface area contributed by atoms with Crippen LogP contribution in [0.1, 0.15) is 47.8 Å². The normalized spacial score (nSPS) is 15.7. The Hall–Kier alpha value is -2.04. The van der Waals surface area contributed by atoms with Gasteiger partial charge in [0, 0.05) is 12.4 Å². The maximum Gasteiger partial charge on any atom is 0.171 e. The summed E-state index contributed by atoms with van der Waals surface area (Å²) in [5.74, 6) is -0.839. The van der Waals surface area contributed by atoms with E-state index < -0.39 is 5.82 Å². The first-order chi connectivity index (χ1) is 9.74. The SMILES string of the molecule is O=C(Cc1ccn(C2CCCC2)n1)c1ccncc1F. The van der Waals surface area contributed by atoms with E-state index in [9.17, 15) is 9.18 Å². The number of ketones is 1. The van der Waals surface area contributed by atoms with Crippen molar-refractivity contribution in [2.45, 2.75) is 38.1 Å². The van der Waals surface area contributed by atoms with Crippen molar-refractivity contribution < 1.29 is 9.18 Å². The lowest BCUT2D eigenvalue weighted by Gasteiger charge is -2.08. The summed E-state index contributed by atoms with van der Waals surface area (Å²) in [6, 6.07) is 3.71. The molecule has 5 heteroatoms. The number of carbonyl (C=O) groups is 1. The maximum absolute atomic E-state index is 13.5. The number of pyridine rings is 1. The number of carbonyl (C=O) groups excluding carboxylic acids is 1. The van der Waals surface area contributed by atoms with E-state index in [1.807, 2.05) is 16.9 Å². The molecule has 2 aromatic rings. The Balaban J connectivity index is 1.72. The van der Waals surface area contributed by atoms with Crippen molar-refractivity contribution in [2.75, 3.05) is 0 Å². The first-order valence-corrected chi connectivity index (χ1v) is 6.91. The van der Waals surface area contributed by atoms with Crippen LogP contribution < -0.4 is 0 Å². The van der Waals surface area contributed by atoms with Gasteiger partial charge in [0.05, 0.1) is 29.9 Å². The third-order valence-corrected chi connectivity index (χ3v) is 3.78. The molecule has 20 heavy (non-hydrogen) atoms. The van der Waals surface area contributed by atoms with E-state index >= 15 is 0 Å². The van der Waals surface area contributed by atoms with E-state index in [1.54, 1.807) is 0 Å². The number of hydrogen-bond acceptors (Lipinski definition) is 3. The van der Waals surface area contributed by atoms with Crippen molar-refractivity contribution in [3.63, 3.8) is 0 Å². The van der Waals surface area contributed by atoms with Crippen molar-refractivity contribution in [1.29, 1.82) is 0 Å². The van der Waals surface area contributed by atoms with Crippen LogP contribution in [-0.4, -0.2) is 20.5 Å². The minimum Gasteiger partial charge on any atom is -0.294 e. The van der Waals surface area contributed by atoms with Gasteiger partial charge >= 0.3 is 0 Å². The molecule has 2 heterocycles. The van der Waals surface area contributed by atoms with Crippen LogP contribution >= 0.6 is 0 Å². The minimum atomic E-state index is -0.576. The smallest absolute Gasteiger partial charge is 0.171 e. The van der Waals surface area contributed by atoms with Crippen LogP contribution in [-0.2, 0) is 6.42 Å². The molecule has 0 bridgehead atoms. The Morgan fingerprint density at radius 3 is 2.90 bits per heavy atom. The van der Waals surface area contributed by atoms with Gasteiger partial charge in [-0.25, -0.2) is 4.39 Å². The lowest BCUT2D eigenvalue weighted by Crippen LogP contribution is -2.09. The van der Waals surface area contributed by atoms with Crippen LogP contribution in [0.5, 0.6) is 0 Å². The van der Waals surface area contributed by atoms with Crippen LogP contribution in [0.25, 0.3) is 0 Å². The van der Waals surface area contributed by atoms with E-state index in [2.05, 4.69) is 10.1 Å². The summed E-state index contributed by atoms with van der Waals surface area (Å²) in [6.45, 7) is 0. The van der Waals surface area contributed by atoms with E-state index in [0.29, 0.717) is 11.7 Å². The zero-order chi connectivity index (χ0) is 13.9. The van der Waals surface area contributed by atoms with Gasteiger partial charge in [-0.15, -0.1) is 0 Å². The Labute approximate surface area is 116 Å². The Bertz CT molecular complexity index is 617. The predicted molar refractivity (Wildman–Crippen MR) is 72.0 cm³/mol. The zero-order valence-corrected chi connectivity index (χ0v) is 11.1. The van der Waals surface area contributed by atoms with Crippen molar-refractivity contribution >= 4 is 5.78 Å². The minimum absolute atomic E-state index is 0.0791. The largest absolute Gasteiger partial charge is 0.294 e. The molecule has 104 valence electrons. The third-order valence-electron chi connectivity index (χ3n) is 3.78. The van der Waals surface area contributed by atoms with Gasteiger partial charge in [-0.2, -0.15) is 5.10 Å². The average molecular weight is 273 g/mol. The molecule has 0 aromatic carbocycles. The molecule has 1 aliphatic rings. The molecule has 4 nitrogen and oxygen atoms in total. The lowest BCUT2D eigenvalue weighted by molar-refractivity contribution is 0.0987. The molecule has 0 amide bonds. The van der Waals surface area contributed by atoms with Crippen molar-refractivity contribution in [3.05, 3.63) is 47.8 Å². The van der Waals surface area contributed by atoms with Crippen LogP contribution in [0.15, 0.2) is 30.7 Å². The van der Waals surface area contributed by atoms with Crippen LogP contribution in [0.2, 0.25) is 0 Å². The fraction of sp³-hybridized carbons (Fsp3) is 0.400. The second kappa shape index (κ2) is 5.53. The Kier molecular flexibility index (Phi) is 3.58. The first-order valence-electron chi connectivity index (χ1n) is 6.91. The number of halogens is 1. The second-order valence-corrected chi connectivity index (χ2v) is 5.18. The molecular formula is C15H16FN3O. The van der Waals surface area contributed by atoms with E-state index in [0.717, 1.165) is 19.0 Å². The van der Waals surface area contributed by atoms with E-state index in [-0.39, 0.29) is 17.8 Å². The molecule has 3 rings (SSSR count). The lowest BCUT2D eigenvalue weighted by atomic mass is 10.1. The van der Waals surface area contributed by atoms with Crippen molar-refractivity contribution in [1.82, 2.24) is 14.8 Å². The molecule has 1 saturated carbocycles. The Morgan fingerprint density at radius 1 is 1.35 bits per heavy atom. The molecule has 0 N–H and O–H groups in total. The summed E-state index contributed by atoms with van der Waals surface area (Å²) in [5.41, 5.74) is 0.772. The second-order valence-electron chi connectivity index (χ2n) is 5.18. The molecule has 1 aliphatic carbocycles. The monoisotopic (exact) mass is 273 g/mol. The number of Topliss-reactive ketones (excluding diaryl/α,β-unsaturated/α-hetero) is 1. The molecule has 0 saturated heterocycles. The summed E-state index contributed by atoms with van der Waals surface area (Å²) in [7, 11) is 0. The van der Waals surface area contributed by atoms with E-state index in [1.165, 1.54) is 25.1 Å². The molecule has 0 spiro atoms. The highest BCUT2D eigenvalue weighted by atomic mass is 19.1. The summed E-state index contributed by atoms with van der Waals surface area (Å²) >= 11 is 0. The zero-order valence-electron chi connectivity index (χ0n) is 11.1. The van der Waals surface area contributed by atoms with Crippen LogP contribution in [0.3, 0.4) is 0 Å². The molecule has 0 aliphatic heterocycles. The van der Waals surface area contributed by atoms with Gasteiger partial charge in [0.15, 0.2) is 11.6 Å². The van der Waals surface area contributed by atoms with E-state index in [4.69, 9.17) is 0 Å². The van der Waals surface area contributed by atoms with Gasteiger partial charge in [-0.1, -0.05) is 12.8 Å². The highest BCUT2D eigenvalue weighted by Crippen LogP contribution is 2.28. The van der Waals surface area contributed by atoms with Gasteiger partial charge in [0.25, 0.3) is 0 Å². The molecule has 0 atom stereocenters. The Morgan fingerprint density at radius 2 is 2.15 bits per heavy atom. The quantitative estimate of drug-likeness (QED) is 0.805. The fourth-order valence-electron chi connectivity index (χ4n) is 2.70. The van der Waals surface area contributed by atoms with Crippen LogP contribution in [0, 0.1) is 5.82 Å². The predicted octanol–water partition coefficient (Wildman–Crippen LogP) is 2.96. The fourth-order valence-corrected chi connectivity index (χ4v) is 2.70. The van der Waals surface area contributed by atoms with Gasteiger partial charge < -0.3 is 0 Å². The third kappa shape index (κ3) is 2.61.